The number of para-hydroxylation sites is 1. The highest BCUT2D eigenvalue weighted by atomic mass is 16.3. The zero-order chi connectivity index (χ0) is 15.7. The Morgan fingerprint density at radius 2 is 2.18 bits per heavy atom. The second-order valence-corrected chi connectivity index (χ2v) is 5.81. The van der Waals surface area contributed by atoms with Crippen molar-refractivity contribution in [2.45, 2.75) is 19.0 Å². The number of phenols is 1. The maximum absolute atomic E-state index is 9.94. The molecule has 3 rings (SSSR count). The smallest absolute Gasteiger partial charge is 0.124 e. The van der Waals surface area contributed by atoms with E-state index in [0.717, 1.165) is 25.3 Å². The number of fused-ring (bicyclic) bond motifs is 1. The molecule has 2 atom stereocenters. The van der Waals surface area contributed by atoms with Crippen molar-refractivity contribution < 1.29 is 5.11 Å². The van der Waals surface area contributed by atoms with E-state index in [1.165, 1.54) is 0 Å². The van der Waals surface area contributed by atoms with E-state index in [1.54, 1.807) is 18.2 Å². The van der Waals surface area contributed by atoms with E-state index in [1.807, 2.05) is 12.1 Å². The van der Waals surface area contributed by atoms with Gasteiger partial charge in [-0.1, -0.05) is 12.1 Å². The molecule has 0 aliphatic carbocycles. The number of nitrogens with one attached hydrogen (secondary N) is 2. The van der Waals surface area contributed by atoms with Crippen LogP contribution in [0, 0.1) is 0 Å². The summed E-state index contributed by atoms with van der Waals surface area (Å²) in [5, 5.41) is 16.7. The largest absolute Gasteiger partial charge is 0.507 e. The molecule has 2 heterocycles. The van der Waals surface area contributed by atoms with Crippen LogP contribution in [0.5, 0.6) is 5.75 Å². The molecule has 2 aliphatic rings. The summed E-state index contributed by atoms with van der Waals surface area (Å²) in [6, 6.07) is 7.66. The summed E-state index contributed by atoms with van der Waals surface area (Å²) in [6.07, 6.45) is 1.85. The number of phenolic OH excluding ortho intramolecular Hbond substituents is 1. The Bertz CT molecular complexity index is 625. The number of aromatic hydroxyl groups is 1. The molecule has 1 saturated heterocycles. The molecule has 6 heteroatoms. The van der Waals surface area contributed by atoms with Crippen LogP contribution in [0.25, 0.3) is 5.70 Å². The van der Waals surface area contributed by atoms with Gasteiger partial charge in [0.05, 0.1) is 11.7 Å². The molecule has 2 unspecified atom stereocenters. The molecule has 0 radical (unpaired) electrons. The number of hydrogen-bond acceptors (Lipinski definition) is 6. The summed E-state index contributed by atoms with van der Waals surface area (Å²) >= 11 is 0. The number of piperazine rings is 1. The Balaban J connectivity index is 1.97. The number of allylic oxidation sites excluding steroid dienone is 1. The van der Waals surface area contributed by atoms with Gasteiger partial charge in [-0.2, -0.15) is 0 Å². The SMILES string of the molecule is CC1NC(N)=C(/C=C(\N)c2ccccc2O)N2CCNCC12. The van der Waals surface area contributed by atoms with Crippen molar-refractivity contribution in [2.24, 2.45) is 11.5 Å². The number of nitrogens with zero attached hydrogens (tertiary/aromatic N) is 1. The van der Waals surface area contributed by atoms with E-state index < -0.39 is 0 Å². The molecule has 0 saturated carbocycles. The van der Waals surface area contributed by atoms with Crippen LogP contribution in [0.1, 0.15) is 12.5 Å². The van der Waals surface area contributed by atoms with Gasteiger partial charge in [-0.3, -0.25) is 0 Å². The lowest BCUT2D eigenvalue weighted by Crippen LogP contribution is -2.62. The summed E-state index contributed by atoms with van der Waals surface area (Å²) in [7, 11) is 0. The Hall–Kier alpha value is -2.34. The van der Waals surface area contributed by atoms with Crippen LogP contribution in [-0.4, -0.2) is 41.7 Å². The lowest BCUT2D eigenvalue weighted by molar-refractivity contribution is 0.161. The van der Waals surface area contributed by atoms with Crippen molar-refractivity contribution in [1.82, 2.24) is 15.5 Å². The van der Waals surface area contributed by atoms with Gasteiger partial charge in [-0.05, 0) is 25.1 Å². The summed E-state index contributed by atoms with van der Waals surface area (Å²) in [4.78, 5) is 2.29. The highest BCUT2D eigenvalue weighted by Gasteiger charge is 2.33. The quantitative estimate of drug-likeness (QED) is 0.531. The fourth-order valence-electron chi connectivity index (χ4n) is 3.14. The van der Waals surface area contributed by atoms with Gasteiger partial charge in [0.25, 0.3) is 0 Å². The fourth-order valence-corrected chi connectivity index (χ4v) is 3.14. The number of rotatable bonds is 2. The van der Waals surface area contributed by atoms with Crippen LogP contribution >= 0.6 is 0 Å². The molecule has 0 aromatic heterocycles. The maximum atomic E-state index is 9.94. The predicted molar refractivity (Wildman–Crippen MR) is 87.4 cm³/mol. The number of benzene rings is 1. The Morgan fingerprint density at radius 1 is 1.41 bits per heavy atom. The van der Waals surface area contributed by atoms with Crippen LogP contribution < -0.4 is 22.1 Å². The van der Waals surface area contributed by atoms with Gasteiger partial charge in [0.15, 0.2) is 0 Å². The molecule has 2 aliphatic heterocycles. The standard InChI is InChI=1S/C16H23N5O/c1-10-14-9-19-6-7-21(14)13(16(18)20-10)8-12(17)11-4-2-3-5-15(11)22/h2-5,8,10,14,19-20,22H,6-7,9,17-18H2,1H3/b12-8-. The van der Waals surface area contributed by atoms with Gasteiger partial charge in [-0.25, -0.2) is 0 Å². The topological polar surface area (TPSA) is 99.6 Å². The van der Waals surface area contributed by atoms with Crippen molar-refractivity contribution in [3.8, 4) is 5.75 Å². The van der Waals surface area contributed by atoms with Gasteiger partial charge in [0.2, 0.25) is 0 Å². The van der Waals surface area contributed by atoms with Gasteiger partial charge < -0.3 is 32.1 Å². The Labute approximate surface area is 130 Å². The van der Waals surface area contributed by atoms with Gasteiger partial charge in [0.1, 0.15) is 11.6 Å². The minimum Gasteiger partial charge on any atom is -0.507 e. The molecule has 6 nitrogen and oxygen atoms in total. The third kappa shape index (κ3) is 2.57. The molecular weight excluding hydrogens is 278 g/mol. The Morgan fingerprint density at radius 3 is 2.95 bits per heavy atom. The zero-order valence-corrected chi connectivity index (χ0v) is 12.7. The van der Waals surface area contributed by atoms with Crippen LogP contribution in [0.4, 0.5) is 0 Å². The molecular formula is C16H23N5O. The molecule has 22 heavy (non-hydrogen) atoms. The van der Waals surface area contributed by atoms with Crippen molar-refractivity contribution in [1.29, 1.82) is 0 Å². The van der Waals surface area contributed by atoms with E-state index in [9.17, 15) is 5.11 Å². The van der Waals surface area contributed by atoms with Crippen molar-refractivity contribution in [3.05, 3.63) is 47.4 Å². The van der Waals surface area contributed by atoms with Crippen molar-refractivity contribution >= 4 is 5.70 Å². The van der Waals surface area contributed by atoms with Crippen LogP contribution in [0.2, 0.25) is 0 Å². The van der Waals surface area contributed by atoms with E-state index in [4.69, 9.17) is 11.5 Å². The average molecular weight is 301 g/mol. The third-order valence-corrected chi connectivity index (χ3v) is 4.34. The fraction of sp³-hybridized carbons (Fsp3) is 0.375. The molecule has 0 bridgehead atoms. The van der Waals surface area contributed by atoms with E-state index in [2.05, 4.69) is 22.5 Å². The van der Waals surface area contributed by atoms with Crippen LogP contribution in [-0.2, 0) is 0 Å². The molecule has 0 spiro atoms. The average Bonchev–Trinajstić information content (AvgIpc) is 2.51. The number of hydrogen-bond donors (Lipinski definition) is 5. The summed E-state index contributed by atoms with van der Waals surface area (Å²) in [5.41, 5.74) is 14.4. The predicted octanol–water partition coefficient (Wildman–Crippen LogP) is 0.0851. The third-order valence-electron chi connectivity index (χ3n) is 4.34. The highest BCUT2D eigenvalue weighted by Crippen LogP contribution is 2.26. The summed E-state index contributed by atoms with van der Waals surface area (Å²) in [5.74, 6) is 0.799. The first-order chi connectivity index (χ1) is 10.6. The van der Waals surface area contributed by atoms with Gasteiger partial charge >= 0.3 is 0 Å². The molecule has 7 N–H and O–H groups in total. The summed E-state index contributed by atoms with van der Waals surface area (Å²) < 4.78 is 0. The zero-order valence-electron chi connectivity index (χ0n) is 12.7. The molecule has 1 aromatic rings. The second-order valence-electron chi connectivity index (χ2n) is 5.81. The maximum Gasteiger partial charge on any atom is 0.124 e. The molecule has 1 fully saturated rings. The highest BCUT2D eigenvalue weighted by molar-refractivity contribution is 5.70. The van der Waals surface area contributed by atoms with Gasteiger partial charge in [-0.15, -0.1) is 0 Å². The molecule has 1 aromatic carbocycles. The monoisotopic (exact) mass is 301 g/mol. The Kier molecular flexibility index (Phi) is 3.85. The minimum absolute atomic E-state index is 0.171. The van der Waals surface area contributed by atoms with E-state index in [-0.39, 0.29) is 11.8 Å². The number of nitrogens with two attached hydrogens (primary N) is 2. The second kappa shape index (κ2) is 5.81. The van der Waals surface area contributed by atoms with E-state index >= 15 is 0 Å². The minimum atomic E-state index is 0.171. The van der Waals surface area contributed by atoms with Gasteiger partial charge in [0, 0.05) is 36.9 Å². The van der Waals surface area contributed by atoms with Crippen molar-refractivity contribution in [3.63, 3.8) is 0 Å². The van der Waals surface area contributed by atoms with Crippen LogP contribution in [0.3, 0.4) is 0 Å². The molecule has 0 amide bonds. The van der Waals surface area contributed by atoms with E-state index in [0.29, 0.717) is 23.1 Å². The first-order valence-corrected chi connectivity index (χ1v) is 7.57. The normalized spacial score (nSPS) is 25.7. The lowest BCUT2D eigenvalue weighted by Gasteiger charge is -2.46. The summed E-state index contributed by atoms with van der Waals surface area (Å²) in [6.45, 7) is 4.85. The van der Waals surface area contributed by atoms with Crippen molar-refractivity contribution in [2.75, 3.05) is 19.6 Å². The first-order valence-electron chi connectivity index (χ1n) is 7.57. The first kappa shape index (κ1) is 14.6. The van der Waals surface area contributed by atoms with Crippen LogP contribution in [0.15, 0.2) is 41.9 Å². The lowest BCUT2D eigenvalue weighted by atomic mass is 10.0. The molecule has 118 valence electrons.